The molecule has 0 aliphatic carbocycles. The number of aryl methyl sites for hydroxylation is 1. The second-order valence-corrected chi connectivity index (χ2v) is 5.61. The van der Waals surface area contributed by atoms with Gasteiger partial charge in [0.05, 0.1) is 6.54 Å². The fraction of sp³-hybridized carbons (Fsp3) is 0.429. The van der Waals surface area contributed by atoms with Crippen molar-refractivity contribution in [3.63, 3.8) is 0 Å². The number of nitrogens with one attached hydrogen (secondary N) is 1. The van der Waals surface area contributed by atoms with E-state index in [0.717, 1.165) is 31.2 Å². The summed E-state index contributed by atoms with van der Waals surface area (Å²) in [7, 11) is 4.07. The standard InChI is InChI=1S/C14H20N2OS/c1-11-12(8-15-2)7-13(17-11)9-16(3)10-14-5-4-6-18-14/h4-7,15H,8-10H2,1-3H3. The predicted molar refractivity (Wildman–Crippen MR) is 75.7 cm³/mol. The van der Waals surface area contributed by atoms with Crippen LogP contribution in [0.3, 0.4) is 0 Å². The smallest absolute Gasteiger partial charge is 0.118 e. The Morgan fingerprint density at radius 1 is 1.39 bits per heavy atom. The molecule has 2 heterocycles. The van der Waals surface area contributed by atoms with Gasteiger partial charge in [-0.1, -0.05) is 6.07 Å². The van der Waals surface area contributed by atoms with Gasteiger partial charge in [-0.05, 0) is 38.5 Å². The number of hydrogen-bond acceptors (Lipinski definition) is 4. The van der Waals surface area contributed by atoms with E-state index in [0.29, 0.717) is 0 Å². The van der Waals surface area contributed by atoms with Crippen molar-refractivity contribution in [2.24, 2.45) is 0 Å². The lowest BCUT2D eigenvalue weighted by Crippen LogP contribution is -2.16. The van der Waals surface area contributed by atoms with E-state index in [2.05, 4.69) is 40.8 Å². The van der Waals surface area contributed by atoms with Crippen molar-refractivity contribution in [2.45, 2.75) is 26.6 Å². The summed E-state index contributed by atoms with van der Waals surface area (Å²) in [5.41, 5.74) is 1.25. The first-order valence-electron chi connectivity index (χ1n) is 6.12. The zero-order valence-electron chi connectivity index (χ0n) is 11.2. The maximum absolute atomic E-state index is 5.78. The third-order valence-corrected chi connectivity index (χ3v) is 3.73. The highest BCUT2D eigenvalue weighted by molar-refractivity contribution is 7.09. The van der Waals surface area contributed by atoms with Gasteiger partial charge in [0, 0.05) is 23.5 Å². The summed E-state index contributed by atoms with van der Waals surface area (Å²) >= 11 is 1.80. The molecular formula is C14H20N2OS. The van der Waals surface area contributed by atoms with Crippen molar-refractivity contribution < 1.29 is 4.42 Å². The molecule has 0 saturated heterocycles. The number of thiophene rings is 1. The maximum Gasteiger partial charge on any atom is 0.118 e. The summed E-state index contributed by atoms with van der Waals surface area (Å²) in [6, 6.07) is 6.41. The minimum absolute atomic E-state index is 0.850. The molecule has 0 fully saturated rings. The second-order valence-electron chi connectivity index (χ2n) is 4.58. The molecule has 4 heteroatoms. The van der Waals surface area contributed by atoms with E-state index in [1.165, 1.54) is 10.4 Å². The number of rotatable bonds is 6. The molecule has 0 bridgehead atoms. The lowest BCUT2D eigenvalue weighted by molar-refractivity contribution is 0.287. The van der Waals surface area contributed by atoms with E-state index in [-0.39, 0.29) is 0 Å². The SMILES string of the molecule is CNCc1cc(CN(C)Cc2cccs2)oc1C. The van der Waals surface area contributed by atoms with Crippen molar-refractivity contribution >= 4 is 11.3 Å². The Labute approximate surface area is 112 Å². The third kappa shape index (κ3) is 3.45. The fourth-order valence-electron chi connectivity index (χ4n) is 2.02. The van der Waals surface area contributed by atoms with Crippen LogP contribution >= 0.6 is 11.3 Å². The average molecular weight is 264 g/mol. The molecule has 0 amide bonds. The highest BCUT2D eigenvalue weighted by atomic mass is 32.1. The van der Waals surface area contributed by atoms with Crippen LogP contribution < -0.4 is 5.32 Å². The normalized spacial score (nSPS) is 11.3. The van der Waals surface area contributed by atoms with Crippen molar-refractivity contribution in [1.29, 1.82) is 0 Å². The first kappa shape index (κ1) is 13.3. The quantitative estimate of drug-likeness (QED) is 0.869. The predicted octanol–water partition coefficient (Wildman–Crippen LogP) is 3.00. The van der Waals surface area contributed by atoms with Crippen LogP contribution in [0.25, 0.3) is 0 Å². The van der Waals surface area contributed by atoms with Crippen molar-refractivity contribution in [2.75, 3.05) is 14.1 Å². The van der Waals surface area contributed by atoms with Crippen LogP contribution in [0.5, 0.6) is 0 Å². The molecule has 2 rings (SSSR count). The van der Waals surface area contributed by atoms with E-state index in [1.54, 1.807) is 11.3 Å². The van der Waals surface area contributed by atoms with Crippen LogP contribution in [0, 0.1) is 6.92 Å². The van der Waals surface area contributed by atoms with Gasteiger partial charge in [-0.15, -0.1) is 11.3 Å². The van der Waals surface area contributed by atoms with Gasteiger partial charge in [-0.3, -0.25) is 4.90 Å². The summed E-state index contributed by atoms with van der Waals surface area (Å²) in [4.78, 5) is 3.66. The van der Waals surface area contributed by atoms with E-state index in [1.807, 2.05) is 14.0 Å². The van der Waals surface area contributed by atoms with Crippen LogP contribution in [0.15, 0.2) is 28.0 Å². The number of nitrogens with zero attached hydrogens (tertiary/aromatic N) is 1. The molecule has 18 heavy (non-hydrogen) atoms. The largest absolute Gasteiger partial charge is 0.465 e. The number of furan rings is 1. The topological polar surface area (TPSA) is 28.4 Å². The van der Waals surface area contributed by atoms with E-state index >= 15 is 0 Å². The van der Waals surface area contributed by atoms with Crippen molar-refractivity contribution in [3.05, 3.63) is 45.5 Å². The molecule has 2 aromatic heterocycles. The summed E-state index contributed by atoms with van der Waals surface area (Å²) in [5.74, 6) is 2.06. The molecule has 1 N–H and O–H groups in total. The van der Waals surface area contributed by atoms with Gasteiger partial charge < -0.3 is 9.73 Å². The van der Waals surface area contributed by atoms with Gasteiger partial charge in [0.2, 0.25) is 0 Å². The molecule has 98 valence electrons. The molecule has 0 spiro atoms. The van der Waals surface area contributed by atoms with E-state index < -0.39 is 0 Å². The molecule has 3 nitrogen and oxygen atoms in total. The van der Waals surface area contributed by atoms with E-state index in [9.17, 15) is 0 Å². The highest BCUT2D eigenvalue weighted by Gasteiger charge is 2.09. The molecule has 0 radical (unpaired) electrons. The summed E-state index contributed by atoms with van der Waals surface area (Å²) in [5, 5.41) is 5.27. The summed E-state index contributed by atoms with van der Waals surface area (Å²) in [6.07, 6.45) is 0. The molecule has 0 aromatic carbocycles. The fourth-order valence-corrected chi connectivity index (χ4v) is 2.81. The van der Waals surface area contributed by atoms with Crippen LogP contribution in [0.4, 0.5) is 0 Å². The van der Waals surface area contributed by atoms with Crippen LogP contribution in [-0.2, 0) is 19.6 Å². The Bertz CT molecular complexity index is 476. The first-order chi connectivity index (χ1) is 8.69. The Morgan fingerprint density at radius 2 is 2.22 bits per heavy atom. The molecular weight excluding hydrogens is 244 g/mol. The lowest BCUT2D eigenvalue weighted by Gasteiger charge is -2.13. The van der Waals surface area contributed by atoms with Crippen molar-refractivity contribution in [3.8, 4) is 0 Å². The third-order valence-electron chi connectivity index (χ3n) is 2.87. The Hall–Kier alpha value is -1.10. The van der Waals surface area contributed by atoms with Gasteiger partial charge in [0.1, 0.15) is 11.5 Å². The number of hydrogen-bond donors (Lipinski definition) is 1. The maximum atomic E-state index is 5.78. The average Bonchev–Trinajstić information content (AvgIpc) is 2.90. The second kappa shape index (κ2) is 6.18. The molecule has 2 aromatic rings. The zero-order chi connectivity index (χ0) is 13.0. The van der Waals surface area contributed by atoms with Crippen LogP contribution in [0.2, 0.25) is 0 Å². The molecule has 0 atom stereocenters. The van der Waals surface area contributed by atoms with Gasteiger partial charge in [-0.2, -0.15) is 0 Å². The highest BCUT2D eigenvalue weighted by Crippen LogP contribution is 2.17. The minimum atomic E-state index is 0.850. The van der Waals surface area contributed by atoms with Gasteiger partial charge in [0.25, 0.3) is 0 Å². The molecule has 0 unspecified atom stereocenters. The van der Waals surface area contributed by atoms with E-state index in [4.69, 9.17) is 4.42 Å². The van der Waals surface area contributed by atoms with Crippen molar-refractivity contribution in [1.82, 2.24) is 10.2 Å². The van der Waals surface area contributed by atoms with Crippen LogP contribution in [0.1, 0.15) is 22.0 Å². The lowest BCUT2D eigenvalue weighted by atomic mass is 10.2. The van der Waals surface area contributed by atoms with Crippen LogP contribution in [-0.4, -0.2) is 19.0 Å². The Morgan fingerprint density at radius 3 is 2.89 bits per heavy atom. The minimum Gasteiger partial charge on any atom is -0.465 e. The Kier molecular flexibility index (Phi) is 4.58. The van der Waals surface area contributed by atoms with Gasteiger partial charge >= 0.3 is 0 Å². The first-order valence-corrected chi connectivity index (χ1v) is 7.00. The van der Waals surface area contributed by atoms with Gasteiger partial charge in [0.15, 0.2) is 0 Å². The molecule has 0 saturated carbocycles. The molecule has 0 aliphatic rings. The molecule has 0 aliphatic heterocycles. The Balaban J connectivity index is 1.94. The summed E-state index contributed by atoms with van der Waals surface area (Å²) < 4.78 is 5.78. The monoisotopic (exact) mass is 264 g/mol. The zero-order valence-corrected chi connectivity index (χ0v) is 12.0. The summed E-state index contributed by atoms with van der Waals surface area (Å²) in [6.45, 7) is 4.71. The van der Waals surface area contributed by atoms with Gasteiger partial charge in [-0.25, -0.2) is 0 Å².